The highest BCUT2D eigenvalue weighted by atomic mass is 79.9. The number of aryl methyl sites for hydroxylation is 2. The zero-order valence-corrected chi connectivity index (χ0v) is 19.5. The van der Waals surface area contributed by atoms with Gasteiger partial charge >= 0.3 is 0 Å². The van der Waals surface area contributed by atoms with Gasteiger partial charge in [-0.05, 0) is 60.9 Å². The minimum absolute atomic E-state index is 0.0283. The van der Waals surface area contributed by atoms with Crippen LogP contribution in [-0.4, -0.2) is 21.8 Å². The lowest BCUT2D eigenvalue weighted by molar-refractivity contribution is -0.117. The van der Waals surface area contributed by atoms with Crippen LogP contribution in [0, 0.1) is 13.8 Å². The molecule has 32 heavy (non-hydrogen) atoms. The molecule has 1 unspecified atom stereocenters. The fraction of sp³-hybridized carbons (Fsp3) is 0.125. The number of nitrogens with zero attached hydrogens (tertiary/aromatic N) is 2. The molecule has 0 saturated carbocycles. The molecule has 5 rings (SSSR count). The van der Waals surface area contributed by atoms with E-state index in [-0.39, 0.29) is 11.3 Å². The van der Waals surface area contributed by atoms with Crippen LogP contribution in [0.4, 0.5) is 5.13 Å². The number of anilines is 1. The zero-order valence-electron chi connectivity index (χ0n) is 17.1. The van der Waals surface area contributed by atoms with Gasteiger partial charge in [0.2, 0.25) is 5.78 Å². The lowest BCUT2D eigenvalue weighted by Crippen LogP contribution is -2.30. The van der Waals surface area contributed by atoms with Gasteiger partial charge in [-0.2, -0.15) is 0 Å². The molecule has 2 aromatic carbocycles. The number of hydrogen-bond donors (Lipinski definition) is 1. The van der Waals surface area contributed by atoms with Crippen molar-refractivity contribution in [3.8, 4) is 0 Å². The SMILES string of the molecule is Cc1cc(C)c2nc(N3C(=O)C(O)=C(C(=O)c4ccco4)C3c3ccc(Br)cc3)sc2c1. The average Bonchev–Trinajstić information content (AvgIpc) is 3.48. The Morgan fingerprint density at radius 3 is 2.62 bits per heavy atom. The van der Waals surface area contributed by atoms with Crippen molar-refractivity contribution < 1.29 is 19.1 Å². The van der Waals surface area contributed by atoms with E-state index in [1.54, 1.807) is 6.07 Å². The Morgan fingerprint density at radius 1 is 1.19 bits per heavy atom. The van der Waals surface area contributed by atoms with Crippen molar-refractivity contribution in [1.29, 1.82) is 0 Å². The molecule has 0 aliphatic carbocycles. The van der Waals surface area contributed by atoms with E-state index in [9.17, 15) is 14.7 Å². The van der Waals surface area contributed by atoms with Gasteiger partial charge in [0.1, 0.15) is 0 Å². The monoisotopic (exact) mass is 508 g/mol. The maximum absolute atomic E-state index is 13.3. The van der Waals surface area contributed by atoms with Crippen LogP contribution in [0.3, 0.4) is 0 Å². The Kier molecular flexibility index (Phi) is 4.98. The third kappa shape index (κ3) is 3.27. The molecule has 1 atom stereocenters. The van der Waals surface area contributed by atoms with Crippen LogP contribution >= 0.6 is 27.3 Å². The van der Waals surface area contributed by atoms with E-state index in [0.717, 1.165) is 25.8 Å². The highest BCUT2D eigenvalue weighted by Gasteiger charge is 2.46. The highest BCUT2D eigenvalue weighted by molar-refractivity contribution is 9.10. The van der Waals surface area contributed by atoms with Crippen molar-refractivity contribution in [1.82, 2.24) is 4.98 Å². The maximum atomic E-state index is 13.3. The largest absolute Gasteiger partial charge is 0.503 e. The number of aromatic nitrogens is 1. The van der Waals surface area contributed by atoms with Gasteiger partial charge in [0.05, 0.1) is 28.1 Å². The summed E-state index contributed by atoms with van der Waals surface area (Å²) >= 11 is 4.77. The summed E-state index contributed by atoms with van der Waals surface area (Å²) in [5.41, 5.74) is 3.53. The lowest BCUT2D eigenvalue weighted by atomic mass is 9.95. The number of benzene rings is 2. The van der Waals surface area contributed by atoms with E-state index in [4.69, 9.17) is 9.40 Å². The van der Waals surface area contributed by atoms with E-state index < -0.39 is 23.5 Å². The highest BCUT2D eigenvalue weighted by Crippen LogP contribution is 2.44. The molecule has 0 spiro atoms. The molecule has 0 fully saturated rings. The van der Waals surface area contributed by atoms with Crippen molar-refractivity contribution in [3.63, 3.8) is 0 Å². The zero-order chi connectivity index (χ0) is 22.6. The third-order valence-corrected chi connectivity index (χ3v) is 6.94. The van der Waals surface area contributed by atoms with Crippen molar-refractivity contribution in [3.05, 3.63) is 93.0 Å². The minimum atomic E-state index is -0.838. The molecular formula is C24H17BrN2O4S. The fourth-order valence-electron chi connectivity index (χ4n) is 4.00. The summed E-state index contributed by atoms with van der Waals surface area (Å²) in [5, 5.41) is 11.2. The Labute approximate surface area is 195 Å². The van der Waals surface area contributed by atoms with Crippen LogP contribution in [0.5, 0.6) is 0 Å². The molecule has 1 aliphatic rings. The number of carbonyl (C=O) groups is 2. The normalized spacial score (nSPS) is 16.4. The van der Waals surface area contributed by atoms with Gasteiger partial charge in [-0.3, -0.25) is 14.5 Å². The summed E-state index contributed by atoms with van der Waals surface area (Å²) in [7, 11) is 0. The second-order valence-electron chi connectivity index (χ2n) is 7.62. The summed E-state index contributed by atoms with van der Waals surface area (Å²) in [6.07, 6.45) is 1.38. The van der Waals surface area contributed by atoms with Crippen molar-refractivity contribution in [2.75, 3.05) is 4.90 Å². The van der Waals surface area contributed by atoms with Gasteiger partial charge in [-0.1, -0.05) is 45.5 Å². The van der Waals surface area contributed by atoms with Crippen LogP contribution in [0.2, 0.25) is 0 Å². The predicted octanol–water partition coefficient (Wildman–Crippen LogP) is 6.05. The number of aliphatic hydroxyl groups is 1. The van der Waals surface area contributed by atoms with Crippen LogP contribution in [0.1, 0.15) is 33.3 Å². The van der Waals surface area contributed by atoms with E-state index in [1.807, 2.05) is 50.2 Å². The first-order chi connectivity index (χ1) is 15.3. The molecule has 8 heteroatoms. The van der Waals surface area contributed by atoms with Gasteiger partial charge in [-0.15, -0.1) is 0 Å². The first-order valence-corrected chi connectivity index (χ1v) is 11.4. The smallest absolute Gasteiger partial charge is 0.296 e. The Balaban J connectivity index is 1.70. The molecule has 0 saturated heterocycles. The number of carbonyl (C=O) groups excluding carboxylic acids is 2. The molecule has 1 amide bonds. The van der Waals surface area contributed by atoms with E-state index in [2.05, 4.69) is 15.9 Å². The Hall–Kier alpha value is -3.23. The summed E-state index contributed by atoms with van der Waals surface area (Å²) in [6.45, 7) is 3.98. The van der Waals surface area contributed by atoms with Gasteiger partial charge in [0, 0.05) is 4.47 Å². The topological polar surface area (TPSA) is 83.6 Å². The van der Waals surface area contributed by atoms with Crippen molar-refractivity contribution in [2.45, 2.75) is 19.9 Å². The van der Waals surface area contributed by atoms with Crippen molar-refractivity contribution >= 4 is 54.3 Å². The summed E-state index contributed by atoms with van der Waals surface area (Å²) in [4.78, 5) is 32.6. The number of fused-ring (bicyclic) bond motifs is 1. The molecule has 4 aromatic rings. The molecule has 3 heterocycles. The number of Topliss-reactive ketones (excluding diaryl/α,β-unsaturated/α-hetero) is 1. The van der Waals surface area contributed by atoms with Crippen LogP contribution in [0.25, 0.3) is 10.2 Å². The first kappa shape index (κ1) is 20.7. The quantitative estimate of drug-likeness (QED) is 0.339. The van der Waals surface area contributed by atoms with E-state index in [1.165, 1.54) is 28.6 Å². The van der Waals surface area contributed by atoms with Gasteiger partial charge in [0.25, 0.3) is 5.91 Å². The number of ketones is 1. The molecule has 160 valence electrons. The average molecular weight is 509 g/mol. The molecule has 2 aromatic heterocycles. The maximum Gasteiger partial charge on any atom is 0.296 e. The Morgan fingerprint density at radius 2 is 1.94 bits per heavy atom. The van der Waals surface area contributed by atoms with Crippen LogP contribution in [0.15, 0.2) is 75.0 Å². The molecule has 1 aliphatic heterocycles. The standard InChI is InChI=1S/C24H17BrN2O4S/c1-12-10-13(2)19-17(11-12)32-24(26-19)27-20(14-5-7-15(25)8-6-14)18(22(29)23(27)30)21(28)16-4-3-9-31-16/h3-11,20,29H,1-2H3. The summed E-state index contributed by atoms with van der Waals surface area (Å²) < 4.78 is 7.06. The van der Waals surface area contributed by atoms with E-state index in [0.29, 0.717) is 10.7 Å². The molecule has 0 radical (unpaired) electrons. The number of rotatable bonds is 4. The number of aliphatic hydroxyl groups excluding tert-OH is 1. The third-order valence-electron chi connectivity index (χ3n) is 5.41. The molecule has 0 bridgehead atoms. The summed E-state index contributed by atoms with van der Waals surface area (Å²) in [5.74, 6) is -1.74. The number of thiazole rings is 1. The fourth-order valence-corrected chi connectivity index (χ4v) is 5.43. The number of amides is 1. The van der Waals surface area contributed by atoms with Crippen molar-refractivity contribution in [2.24, 2.45) is 0 Å². The van der Waals surface area contributed by atoms with Gasteiger partial charge < -0.3 is 9.52 Å². The first-order valence-electron chi connectivity index (χ1n) is 9.83. The second kappa shape index (κ2) is 7.72. The number of halogens is 1. The predicted molar refractivity (Wildman–Crippen MR) is 126 cm³/mol. The number of furan rings is 1. The van der Waals surface area contributed by atoms with E-state index >= 15 is 0 Å². The summed E-state index contributed by atoms with van der Waals surface area (Å²) in [6, 6.07) is 13.6. The van der Waals surface area contributed by atoms with Crippen LogP contribution < -0.4 is 4.90 Å². The molecular weight excluding hydrogens is 492 g/mol. The lowest BCUT2D eigenvalue weighted by Gasteiger charge is -2.24. The van der Waals surface area contributed by atoms with Gasteiger partial charge in [0.15, 0.2) is 16.7 Å². The molecule has 1 N–H and O–H groups in total. The molecule has 6 nitrogen and oxygen atoms in total. The van der Waals surface area contributed by atoms with Crippen LogP contribution in [-0.2, 0) is 4.79 Å². The minimum Gasteiger partial charge on any atom is -0.503 e. The Bertz CT molecular complexity index is 1400. The second-order valence-corrected chi connectivity index (χ2v) is 9.55. The number of hydrogen-bond acceptors (Lipinski definition) is 6. The van der Waals surface area contributed by atoms with Gasteiger partial charge in [-0.25, -0.2) is 4.98 Å².